The van der Waals surface area contributed by atoms with Crippen molar-refractivity contribution < 1.29 is 0 Å². The number of aliphatic imine (C=N–C) groups is 1. The first-order valence-corrected chi connectivity index (χ1v) is 6.77. The quantitative estimate of drug-likeness (QED) is 0.635. The molecule has 2 N–H and O–H groups in total. The number of nitrogens with two attached hydrogens (primary N) is 1. The van der Waals surface area contributed by atoms with Crippen molar-refractivity contribution in [2.45, 2.75) is 58.4 Å². The molecule has 0 heterocycles. The molecule has 0 aliphatic rings. The van der Waals surface area contributed by atoms with Gasteiger partial charge in [0.05, 0.1) is 11.0 Å². The maximum atomic E-state index is 6.34. The van der Waals surface area contributed by atoms with Crippen LogP contribution in [0.25, 0.3) is 0 Å². The molecule has 0 aromatic heterocycles. The van der Waals surface area contributed by atoms with Crippen molar-refractivity contribution >= 4 is 5.84 Å². The Morgan fingerprint density at radius 3 is 1.94 bits per heavy atom. The highest BCUT2D eigenvalue weighted by Gasteiger charge is 2.33. The number of amidine groups is 1. The number of hydrogen-bond donors (Lipinski definition) is 1. The summed E-state index contributed by atoms with van der Waals surface area (Å²) in [5, 5.41) is 0. The second-order valence-electron chi connectivity index (χ2n) is 5.82. The van der Waals surface area contributed by atoms with Gasteiger partial charge in [0, 0.05) is 0 Å². The number of nitrogens with zero attached hydrogens (tertiary/aromatic N) is 1. The molecule has 0 radical (unpaired) electrons. The zero-order valence-corrected chi connectivity index (χ0v) is 12.3. The molecule has 18 heavy (non-hydrogen) atoms. The van der Waals surface area contributed by atoms with E-state index in [2.05, 4.69) is 58.9 Å². The summed E-state index contributed by atoms with van der Waals surface area (Å²) in [6.45, 7) is 10.6. The summed E-state index contributed by atoms with van der Waals surface area (Å²) in [5.41, 5.74) is 7.35. The molecule has 100 valence electrons. The van der Waals surface area contributed by atoms with E-state index in [0.29, 0.717) is 0 Å². The van der Waals surface area contributed by atoms with Crippen LogP contribution < -0.4 is 5.73 Å². The van der Waals surface area contributed by atoms with Gasteiger partial charge >= 0.3 is 0 Å². The fourth-order valence-electron chi connectivity index (χ4n) is 2.39. The normalized spacial score (nSPS) is 13.7. The minimum atomic E-state index is -0.131. The van der Waals surface area contributed by atoms with Gasteiger partial charge in [-0.15, -0.1) is 0 Å². The van der Waals surface area contributed by atoms with Crippen molar-refractivity contribution in [3.8, 4) is 0 Å². The molecule has 2 heteroatoms. The molecule has 0 aliphatic heterocycles. The molecule has 0 saturated carbocycles. The van der Waals surface area contributed by atoms with E-state index >= 15 is 0 Å². The highest BCUT2D eigenvalue weighted by molar-refractivity contribution is 5.92. The molecule has 2 nitrogen and oxygen atoms in total. The Kier molecular flexibility index (Phi) is 4.55. The average Bonchev–Trinajstić information content (AvgIpc) is 2.30. The SMILES string of the molecule is CCC(CC)(C(N)=NC(C)(C)C)c1ccccc1. The third-order valence-electron chi connectivity index (χ3n) is 3.48. The van der Waals surface area contributed by atoms with Gasteiger partial charge < -0.3 is 5.73 Å². The summed E-state index contributed by atoms with van der Waals surface area (Å²) in [7, 11) is 0. The molecule has 0 saturated heterocycles. The van der Waals surface area contributed by atoms with Crippen LogP contribution in [0, 0.1) is 0 Å². The summed E-state index contributed by atoms with van der Waals surface area (Å²) in [4.78, 5) is 4.69. The van der Waals surface area contributed by atoms with Crippen LogP contribution in [0.3, 0.4) is 0 Å². The van der Waals surface area contributed by atoms with Crippen LogP contribution in [-0.4, -0.2) is 11.4 Å². The Morgan fingerprint density at radius 2 is 1.56 bits per heavy atom. The highest BCUT2D eigenvalue weighted by Crippen LogP contribution is 2.32. The molecule has 0 aliphatic carbocycles. The third kappa shape index (κ3) is 3.12. The van der Waals surface area contributed by atoms with Gasteiger partial charge in [0.15, 0.2) is 0 Å². The van der Waals surface area contributed by atoms with E-state index in [1.807, 2.05) is 6.07 Å². The zero-order valence-electron chi connectivity index (χ0n) is 12.3. The van der Waals surface area contributed by atoms with E-state index < -0.39 is 0 Å². The second-order valence-corrected chi connectivity index (χ2v) is 5.82. The number of benzene rings is 1. The molecule has 0 amide bonds. The Bertz CT molecular complexity index is 395. The van der Waals surface area contributed by atoms with Gasteiger partial charge in [0.25, 0.3) is 0 Å². The number of rotatable bonds is 4. The maximum absolute atomic E-state index is 6.34. The van der Waals surface area contributed by atoms with Crippen molar-refractivity contribution in [1.29, 1.82) is 0 Å². The van der Waals surface area contributed by atoms with E-state index in [4.69, 9.17) is 10.7 Å². The fourth-order valence-corrected chi connectivity index (χ4v) is 2.39. The molecule has 0 spiro atoms. The molecule has 1 aromatic carbocycles. The first-order chi connectivity index (χ1) is 8.35. The van der Waals surface area contributed by atoms with Gasteiger partial charge in [0.2, 0.25) is 0 Å². The molecule has 1 rings (SSSR count). The predicted octanol–water partition coefficient (Wildman–Crippen LogP) is 3.90. The molecular formula is C16H26N2. The van der Waals surface area contributed by atoms with E-state index in [0.717, 1.165) is 18.7 Å². The Hall–Kier alpha value is -1.31. The summed E-state index contributed by atoms with van der Waals surface area (Å²) in [5.74, 6) is 0.756. The van der Waals surface area contributed by atoms with Gasteiger partial charge in [-0.05, 0) is 39.2 Å². The van der Waals surface area contributed by atoms with Crippen LogP contribution in [-0.2, 0) is 5.41 Å². The largest absolute Gasteiger partial charge is 0.387 e. The minimum absolute atomic E-state index is 0.130. The Morgan fingerprint density at radius 1 is 1.06 bits per heavy atom. The average molecular weight is 246 g/mol. The maximum Gasteiger partial charge on any atom is 0.105 e. The van der Waals surface area contributed by atoms with Gasteiger partial charge in [-0.3, -0.25) is 4.99 Å². The van der Waals surface area contributed by atoms with Gasteiger partial charge in [0.1, 0.15) is 5.84 Å². The van der Waals surface area contributed by atoms with Gasteiger partial charge in [-0.1, -0.05) is 44.2 Å². The lowest BCUT2D eigenvalue weighted by Gasteiger charge is -2.33. The zero-order chi connectivity index (χ0) is 13.8. The lowest BCUT2D eigenvalue weighted by atomic mass is 9.74. The van der Waals surface area contributed by atoms with Crippen LogP contribution in [0.15, 0.2) is 35.3 Å². The molecule has 1 aromatic rings. The predicted molar refractivity (Wildman–Crippen MR) is 80.1 cm³/mol. The standard InChI is InChI=1S/C16H26N2/c1-6-16(7-2,13-11-9-8-10-12-13)14(17)18-15(3,4)5/h8-12H,6-7H2,1-5H3,(H2,17,18). The Labute approximate surface area is 111 Å². The van der Waals surface area contributed by atoms with Crippen molar-refractivity contribution in [1.82, 2.24) is 0 Å². The first-order valence-electron chi connectivity index (χ1n) is 6.77. The minimum Gasteiger partial charge on any atom is -0.387 e. The summed E-state index contributed by atoms with van der Waals surface area (Å²) >= 11 is 0. The second kappa shape index (κ2) is 5.55. The first kappa shape index (κ1) is 14.7. The van der Waals surface area contributed by atoms with Crippen molar-refractivity contribution in [3.63, 3.8) is 0 Å². The summed E-state index contributed by atoms with van der Waals surface area (Å²) in [6, 6.07) is 10.5. The van der Waals surface area contributed by atoms with E-state index in [9.17, 15) is 0 Å². The fraction of sp³-hybridized carbons (Fsp3) is 0.562. The van der Waals surface area contributed by atoms with E-state index in [1.165, 1.54) is 5.56 Å². The van der Waals surface area contributed by atoms with Crippen LogP contribution in [0.1, 0.15) is 53.0 Å². The van der Waals surface area contributed by atoms with Gasteiger partial charge in [-0.25, -0.2) is 0 Å². The molecule has 0 atom stereocenters. The lowest BCUT2D eigenvalue weighted by molar-refractivity contribution is 0.507. The monoisotopic (exact) mass is 246 g/mol. The molecule has 0 fully saturated rings. The van der Waals surface area contributed by atoms with E-state index in [1.54, 1.807) is 0 Å². The van der Waals surface area contributed by atoms with Crippen molar-refractivity contribution in [3.05, 3.63) is 35.9 Å². The molecular weight excluding hydrogens is 220 g/mol. The van der Waals surface area contributed by atoms with Crippen molar-refractivity contribution in [2.75, 3.05) is 0 Å². The topological polar surface area (TPSA) is 38.4 Å². The third-order valence-corrected chi connectivity index (χ3v) is 3.48. The van der Waals surface area contributed by atoms with Crippen molar-refractivity contribution in [2.24, 2.45) is 10.7 Å². The smallest absolute Gasteiger partial charge is 0.105 e. The van der Waals surface area contributed by atoms with Crippen LogP contribution in [0.5, 0.6) is 0 Å². The Balaban J connectivity index is 3.29. The van der Waals surface area contributed by atoms with Crippen LogP contribution in [0.4, 0.5) is 0 Å². The summed E-state index contributed by atoms with van der Waals surface area (Å²) in [6.07, 6.45) is 1.94. The van der Waals surface area contributed by atoms with Crippen LogP contribution in [0.2, 0.25) is 0 Å². The molecule has 0 bridgehead atoms. The van der Waals surface area contributed by atoms with Gasteiger partial charge in [-0.2, -0.15) is 0 Å². The summed E-state index contributed by atoms with van der Waals surface area (Å²) < 4.78 is 0. The lowest BCUT2D eigenvalue weighted by Crippen LogP contribution is -2.42. The highest BCUT2D eigenvalue weighted by atomic mass is 14.9. The van der Waals surface area contributed by atoms with E-state index in [-0.39, 0.29) is 11.0 Å². The van der Waals surface area contributed by atoms with Crippen LogP contribution >= 0.6 is 0 Å². The number of hydrogen-bond acceptors (Lipinski definition) is 1. The molecule has 0 unspecified atom stereocenters.